The van der Waals surface area contributed by atoms with Crippen molar-refractivity contribution in [2.24, 2.45) is 5.73 Å². The number of fused-ring (bicyclic) bond motifs is 1. The van der Waals surface area contributed by atoms with Crippen LogP contribution in [-0.2, 0) is 19.1 Å². The summed E-state index contributed by atoms with van der Waals surface area (Å²) in [7, 11) is 1.25. The van der Waals surface area contributed by atoms with Gasteiger partial charge in [0.15, 0.2) is 0 Å². The van der Waals surface area contributed by atoms with Gasteiger partial charge >= 0.3 is 11.9 Å². The molecule has 1 aliphatic rings. The van der Waals surface area contributed by atoms with Crippen LogP contribution in [0, 0.1) is 0 Å². The van der Waals surface area contributed by atoms with Crippen molar-refractivity contribution in [2.45, 2.75) is 12.8 Å². The average Bonchev–Trinajstić information content (AvgIpc) is 3.14. The molecule has 1 atom stereocenters. The Labute approximate surface area is 221 Å². The number of thiazole rings is 1. The first-order valence-corrected chi connectivity index (χ1v) is 12.9. The lowest BCUT2D eigenvalue weighted by atomic mass is 9.83. The number of methoxy groups -OCH3 is 1. The molecular formula is C25H20Br2N2O5S. The lowest BCUT2D eigenvalue weighted by Crippen LogP contribution is -2.41. The zero-order valence-electron chi connectivity index (χ0n) is 18.7. The Morgan fingerprint density at radius 1 is 1.09 bits per heavy atom. The molecule has 7 nitrogen and oxygen atoms in total. The third kappa shape index (κ3) is 4.78. The van der Waals surface area contributed by atoms with E-state index in [1.807, 2.05) is 30.3 Å². The molecule has 2 aromatic carbocycles. The number of aromatic nitrogens is 1. The lowest BCUT2D eigenvalue weighted by Gasteiger charge is -2.26. The smallest absolute Gasteiger partial charge is 0.338 e. The summed E-state index contributed by atoms with van der Waals surface area (Å²) in [5.41, 5.74) is 7.58. The van der Waals surface area contributed by atoms with Crippen LogP contribution in [-0.4, -0.2) is 30.2 Å². The molecule has 3 aromatic rings. The lowest BCUT2D eigenvalue weighted by molar-refractivity contribution is -0.138. The molecule has 4 rings (SSSR count). The van der Waals surface area contributed by atoms with Crippen LogP contribution in [0.4, 0.5) is 0 Å². The van der Waals surface area contributed by atoms with Crippen molar-refractivity contribution < 1.29 is 19.1 Å². The molecule has 10 heteroatoms. The molecule has 0 saturated heterocycles. The van der Waals surface area contributed by atoms with E-state index in [0.29, 0.717) is 14.8 Å². The van der Waals surface area contributed by atoms with Gasteiger partial charge in [0.1, 0.15) is 10.5 Å². The predicted octanol–water partition coefficient (Wildman–Crippen LogP) is 3.08. The number of carbonyl (C=O) groups excluding carboxylic acids is 2. The van der Waals surface area contributed by atoms with Crippen LogP contribution in [0.15, 0.2) is 67.8 Å². The van der Waals surface area contributed by atoms with Gasteiger partial charge in [0.05, 0.1) is 35.3 Å². The Kier molecular flexibility index (Phi) is 7.44. The topological polar surface area (TPSA) is 101 Å². The molecular weight excluding hydrogens is 600 g/mol. The molecule has 1 aliphatic heterocycles. The van der Waals surface area contributed by atoms with Crippen LogP contribution in [0.3, 0.4) is 0 Å². The highest BCUT2D eigenvalue weighted by Gasteiger charge is 2.39. The maximum absolute atomic E-state index is 13.5. The van der Waals surface area contributed by atoms with Gasteiger partial charge in [-0.25, -0.2) is 9.59 Å². The molecule has 35 heavy (non-hydrogen) atoms. The Balaban J connectivity index is 2.13. The molecule has 0 spiro atoms. The van der Waals surface area contributed by atoms with Crippen molar-refractivity contribution in [3.05, 3.63) is 93.7 Å². The van der Waals surface area contributed by atoms with Crippen molar-refractivity contribution in [1.82, 2.24) is 4.57 Å². The van der Waals surface area contributed by atoms with Crippen molar-refractivity contribution in [3.8, 4) is 0 Å². The third-order valence-electron chi connectivity index (χ3n) is 5.38. The molecule has 0 saturated carbocycles. The van der Waals surface area contributed by atoms with Gasteiger partial charge in [0.25, 0.3) is 5.56 Å². The van der Waals surface area contributed by atoms with Gasteiger partial charge in [-0.1, -0.05) is 56.1 Å². The molecule has 180 valence electrons. The predicted molar refractivity (Wildman–Crippen MR) is 142 cm³/mol. The summed E-state index contributed by atoms with van der Waals surface area (Å²) < 4.78 is 13.8. The Morgan fingerprint density at radius 3 is 2.40 bits per heavy atom. The van der Waals surface area contributed by atoms with Gasteiger partial charge in [-0.2, -0.15) is 0 Å². The highest BCUT2D eigenvalue weighted by atomic mass is 79.9. The Bertz CT molecular complexity index is 1550. The van der Waals surface area contributed by atoms with E-state index in [-0.39, 0.29) is 23.6 Å². The van der Waals surface area contributed by atoms with Gasteiger partial charge in [-0.15, -0.1) is 11.3 Å². The number of hydrogen-bond acceptors (Lipinski definition) is 7. The van der Waals surface area contributed by atoms with Gasteiger partial charge in [0.2, 0.25) is 0 Å². The second-order valence-electron chi connectivity index (χ2n) is 7.52. The molecule has 0 bridgehead atoms. The fourth-order valence-corrected chi connectivity index (χ4v) is 5.93. The maximum atomic E-state index is 13.5. The SMILES string of the molecule is CCOC(=O)C1=C(N)n2c(s/c(=C\c3cccc(Br)c3)c2=O)=C(C(=O)OC)[C@H]1c1cccc(Br)c1. The van der Waals surface area contributed by atoms with Crippen LogP contribution in [0.5, 0.6) is 0 Å². The number of ether oxygens (including phenoxy) is 2. The summed E-state index contributed by atoms with van der Waals surface area (Å²) in [6, 6.07) is 14.6. The summed E-state index contributed by atoms with van der Waals surface area (Å²) in [4.78, 5) is 39.8. The number of nitrogens with zero attached hydrogens (tertiary/aromatic N) is 1. The van der Waals surface area contributed by atoms with Gasteiger partial charge in [0, 0.05) is 8.95 Å². The van der Waals surface area contributed by atoms with Gasteiger partial charge in [-0.05, 0) is 48.4 Å². The first-order chi connectivity index (χ1) is 16.8. The zero-order chi connectivity index (χ0) is 25.3. The largest absolute Gasteiger partial charge is 0.466 e. The molecule has 2 N–H and O–H groups in total. The molecule has 0 fully saturated rings. The molecule has 2 heterocycles. The maximum Gasteiger partial charge on any atom is 0.338 e. The first kappa shape index (κ1) is 25.2. The fourth-order valence-electron chi connectivity index (χ4n) is 3.93. The normalized spacial score (nSPS) is 15.7. The number of rotatable bonds is 5. The average molecular weight is 620 g/mol. The van der Waals surface area contributed by atoms with Crippen LogP contribution in [0.25, 0.3) is 17.5 Å². The second kappa shape index (κ2) is 10.3. The van der Waals surface area contributed by atoms with E-state index in [0.717, 1.165) is 25.8 Å². The van der Waals surface area contributed by atoms with E-state index in [9.17, 15) is 14.4 Å². The number of carbonyl (C=O) groups is 2. The number of esters is 2. The minimum Gasteiger partial charge on any atom is -0.466 e. The van der Waals surface area contributed by atoms with Gasteiger partial charge < -0.3 is 15.2 Å². The molecule has 0 radical (unpaired) electrons. The Hall–Kier alpha value is -2.95. The number of benzene rings is 2. The summed E-state index contributed by atoms with van der Waals surface area (Å²) in [6.07, 6.45) is 1.71. The molecule has 0 aliphatic carbocycles. The zero-order valence-corrected chi connectivity index (χ0v) is 22.7. The number of nitrogens with two attached hydrogens (primary N) is 1. The van der Waals surface area contributed by atoms with Gasteiger partial charge in [-0.3, -0.25) is 9.36 Å². The monoisotopic (exact) mass is 618 g/mol. The minimum atomic E-state index is -0.893. The quantitative estimate of drug-likeness (QED) is 0.441. The fraction of sp³-hybridized carbons (Fsp3) is 0.160. The van der Waals surface area contributed by atoms with Crippen molar-refractivity contribution >= 4 is 72.6 Å². The van der Waals surface area contributed by atoms with E-state index in [1.165, 1.54) is 11.7 Å². The number of halogens is 2. The van der Waals surface area contributed by atoms with Crippen molar-refractivity contribution in [2.75, 3.05) is 13.7 Å². The van der Waals surface area contributed by atoms with E-state index < -0.39 is 23.4 Å². The van der Waals surface area contributed by atoms with E-state index in [1.54, 1.807) is 31.2 Å². The summed E-state index contributed by atoms with van der Waals surface area (Å²) in [5.74, 6) is -2.35. The molecule has 0 unspecified atom stereocenters. The standard InChI is InChI=1S/C25H20Br2N2O5S/c1-3-34-25(32)19-18(14-7-5-9-16(27)12-14)20(24(31)33-2)23-29(21(19)28)22(30)17(35-23)11-13-6-4-8-15(26)10-13/h4-12,18H,3,28H2,1-2H3/b17-11-/t18-/m0/s1. The van der Waals surface area contributed by atoms with Crippen LogP contribution < -0.4 is 20.5 Å². The summed E-state index contributed by atoms with van der Waals surface area (Å²) >= 11 is 7.99. The van der Waals surface area contributed by atoms with E-state index in [4.69, 9.17) is 15.2 Å². The van der Waals surface area contributed by atoms with E-state index in [2.05, 4.69) is 31.9 Å². The second-order valence-corrected chi connectivity index (χ2v) is 10.4. The highest BCUT2D eigenvalue weighted by Crippen LogP contribution is 2.38. The van der Waals surface area contributed by atoms with Crippen LogP contribution in [0.2, 0.25) is 0 Å². The highest BCUT2D eigenvalue weighted by molar-refractivity contribution is 9.10. The molecule has 1 aromatic heterocycles. The molecule has 0 amide bonds. The summed E-state index contributed by atoms with van der Waals surface area (Å²) in [6.45, 7) is 1.77. The first-order valence-electron chi connectivity index (χ1n) is 10.5. The van der Waals surface area contributed by atoms with Crippen LogP contribution >= 0.6 is 43.2 Å². The summed E-state index contributed by atoms with van der Waals surface area (Å²) in [5, 5.41) is 0. The minimum absolute atomic E-state index is 0.00626. The third-order valence-corrected chi connectivity index (χ3v) is 7.47. The van der Waals surface area contributed by atoms with Crippen molar-refractivity contribution in [3.63, 3.8) is 0 Å². The van der Waals surface area contributed by atoms with Crippen molar-refractivity contribution in [1.29, 1.82) is 0 Å². The Morgan fingerprint density at radius 2 is 1.77 bits per heavy atom. The van der Waals surface area contributed by atoms with Crippen LogP contribution in [0.1, 0.15) is 24.0 Å². The van der Waals surface area contributed by atoms with E-state index >= 15 is 0 Å². The number of hydrogen-bond donors (Lipinski definition) is 1.